The van der Waals surface area contributed by atoms with Gasteiger partial charge >= 0.3 is 11.9 Å². The molecule has 8 heteroatoms. The highest BCUT2D eigenvalue weighted by Gasteiger charge is 2.19. The van der Waals surface area contributed by atoms with E-state index in [9.17, 15) is 14.4 Å². The van der Waals surface area contributed by atoms with Crippen molar-refractivity contribution in [1.82, 2.24) is 10.5 Å². The van der Waals surface area contributed by atoms with E-state index in [1.807, 2.05) is 0 Å². The lowest BCUT2D eigenvalue weighted by Gasteiger charge is -2.06. The summed E-state index contributed by atoms with van der Waals surface area (Å²) in [4.78, 5) is 34.4. The lowest BCUT2D eigenvalue weighted by Crippen LogP contribution is -2.30. The second-order valence-electron chi connectivity index (χ2n) is 4.53. The molecular formula is C14H20N2O6. The van der Waals surface area contributed by atoms with Crippen LogP contribution in [0.5, 0.6) is 0 Å². The summed E-state index contributed by atoms with van der Waals surface area (Å²) >= 11 is 0. The molecule has 1 N–H and O–H groups in total. The van der Waals surface area contributed by atoms with E-state index in [0.29, 0.717) is 31.0 Å². The molecule has 122 valence electrons. The Morgan fingerprint density at radius 2 is 1.95 bits per heavy atom. The number of ether oxygens (including phenoxy) is 2. The molecule has 0 bridgehead atoms. The van der Waals surface area contributed by atoms with Gasteiger partial charge in [-0.05, 0) is 27.2 Å². The molecule has 1 amide bonds. The zero-order chi connectivity index (χ0) is 16.5. The van der Waals surface area contributed by atoms with E-state index in [2.05, 4.69) is 10.5 Å². The lowest BCUT2D eigenvalue weighted by atomic mass is 10.2. The average Bonchev–Trinajstić information content (AvgIpc) is 2.80. The van der Waals surface area contributed by atoms with Gasteiger partial charge in [0, 0.05) is 13.0 Å². The van der Waals surface area contributed by atoms with E-state index in [1.165, 1.54) is 0 Å². The first-order valence-electron chi connectivity index (χ1n) is 6.98. The number of carbonyl (C=O) groups excluding carboxylic acids is 3. The molecule has 0 aromatic carbocycles. The molecule has 22 heavy (non-hydrogen) atoms. The zero-order valence-corrected chi connectivity index (χ0v) is 12.9. The zero-order valence-electron chi connectivity index (χ0n) is 12.9. The van der Waals surface area contributed by atoms with Gasteiger partial charge in [-0.15, -0.1) is 0 Å². The van der Waals surface area contributed by atoms with Crippen LogP contribution in [0.1, 0.15) is 41.6 Å². The highest BCUT2D eigenvalue weighted by Crippen LogP contribution is 2.13. The van der Waals surface area contributed by atoms with Crippen molar-refractivity contribution in [2.24, 2.45) is 0 Å². The molecule has 0 fully saturated rings. The van der Waals surface area contributed by atoms with Crippen molar-refractivity contribution < 1.29 is 28.4 Å². The molecule has 0 aliphatic rings. The van der Waals surface area contributed by atoms with Crippen molar-refractivity contribution in [2.45, 2.75) is 33.6 Å². The normalized spacial score (nSPS) is 10.1. The van der Waals surface area contributed by atoms with E-state index < -0.39 is 18.5 Å². The third-order valence-electron chi connectivity index (χ3n) is 2.76. The van der Waals surface area contributed by atoms with Gasteiger partial charge in [0.05, 0.1) is 12.3 Å². The molecule has 8 nitrogen and oxygen atoms in total. The van der Waals surface area contributed by atoms with Gasteiger partial charge in [-0.1, -0.05) is 5.16 Å². The third kappa shape index (κ3) is 5.55. The Bertz CT molecular complexity index is 518. The van der Waals surface area contributed by atoms with E-state index in [4.69, 9.17) is 14.0 Å². The standard InChI is InChI=1S/C14H20N2O6/c1-4-20-12(18)6-5-7-15-11(17)8-21-14(19)13-9(2)16-22-10(13)3/h4-8H2,1-3H3,(H,15,17). The van der Waals surface area contributed by atoms with Crippen LogP contribution in [0.2, 0.25) is 0 Å². The fourth-order valence-electron chi connectivity index (χ4n) is 1.72. The van der Waals surface area contributed by atoms with E-state index in [-0.39, 0.29) is 18.0 Å². The molecule has 0 radical (unpaired) electrons. The van der Waals surface area contributed by atoms with Gasteiger partial charge in [0.25, 0.3) is 5.91 Å². The molecule has 1 heterocycles. The number of amides is 1. The molecule has 0 saturated heterocycles. The molecule has 1 aromatic heterocycles. The van der Waals surface area contributed by atoms with Crippen LogP contribution in [0.25, 0.3) is 0 Å². The summed E-state index contributed by atoms with van der Waals surface area (Å²) < 4.78 is 14.5. The van der Waals surface area contributed by atoms with Crippen molar-refractivity contribution in [2.75, 3.05) is 19.8 Å². The van der Waals surface area contributed by atoms with Gasteiger partial charge in [-0.3, -0.25) is 9.59 Å². The Morgan fingerprint density at radius 1 is 1.23 bits per heavy atom. The maximum absolute atomic E-state index is 11.8. The van der Waals surface area contributed by atoms with E-state index in [0.717, 1.165) is 0 Å². The minimum Gasteiger partial charge on any atom is -0.466 e. The SMILES string of the molecule is CCOC(=O)CCCNC(=O)COC(=O)c1c(C)noc1C. The first-order valence-corrected chi connectivity index (χ1v) is 6.98. The minimum atomic E-state index is -0.655. The number of rotatable bonds is 8. The summed E-state index contributed by atoms with van der Waals surface area (Å²) in [5.41, 5.74) is 0.646. The van der Waals surface area contributed by atoms with Crippen LogP contribution in [-0.4, -0.2) is 42.8 Å². The smallest absolute Gasteiger partial charge is 0.344 e. The number of aryl methyl sites for hydroxylation is 2. The highest BCUT2D eigenvalue weighted by atomic mass is 16.5. The molecule has 0 aliphatic carbocycles. The first-order chi connectivity index (χ1) is 10.5. The van der Waals surface area contributed by atoms with Crippen molar-refractivity contribution >= 4 is 17.8 Å². The molecule has 1 aromatic rings. The summed E-state index contributed by atoms with van der Waals surface area (Å²) in [5, 5.41) is 6.18. The van der Waals surface area contributed by atoms with Gasteiger partial charge in [0.2, 0.25) is 0 Å². The Balaban J connectivity index is 2.23. The molecule has 1 rings (SSSR count). The molecule has 0 saturated carbocycles. The summed E-state index contributed by atoms with van der Waals surface area (Å²) in [6.07, 6.45) is 0.690. The first kappa shape index (κ1) is 17.7. The van der Waals surface area contributed by atoms with Crippen molar-refractivity contribution in [3.05, 3.63) is 17.0 Å². The summed E-state index contributed by atoms with van der Waals surface area (Å²) in [6, 6.07) is 0. The van der Waals surface area contributed by atoms with Gasteiger partial charge < -0.3 is 19.3 Å². The second kappa shape index (κ2) is 8.81. The summed E-state index contributed by atoms with van der Waals surface area (Å²) in [5.74, 6) is -1.05. The Hall–Kier alpha value is -2.38. The quantitative estimate of drug-likeness (QED) is 0.561. The molecule has 0 atom stereocenters. The van der Waals surface area contributed by atoms with Crippen LogP contribution >= 0.6 is 0 Å². The average molecular weight is 312 g/mol. The van der Waals surface area contributed by atoms with Crippen LogP contribution in [0.4, 0.5) is 0 Å². The number of hydrogen-bond donors (Lipinski definition) is 1. The monoisotopic (exact) mass is 312 g/mol. The van der Waals surface area contributed by atoms with Crippen LogP contribution in [0, 0.1) is 13.8 Å². The van der Waals surface area contributed by atoms with Gasteiger partial charge in [0.1, 0.15) is 11.3 Å². The van der Waals surface area contributed by atoms with Gasteiger partial charge in [-0.2, -0.15) is 0 Å². The topological polar surface area (TPSA) is 108 Å². The Kier molecular flexibility index (Phi) is 7.07. The van der Waals surface area contributed by atoms with Crippen LogP contribution in [0.15, 0.2) is 4.52 Å². The number of nitrogens with one attached hydrogen (secondary N) is 1. The lowest BCUT2D eigenvalue weighted by molar-refractivity contribution is -0.143. The predicted molar refractivity (Wildman–Crippen MR) is 75.1 cm³/mol. The number of nitrogens with zero attached hydrogens (tertiary/aromatic N) is 1. The van der Waals surface area contributed by atoms with Crippen molar-refractivity contribution in [3.8, 4) is 0 Å². The molecular weight excluding hydrogens is 292 g/mol. The molecule has 0 aliphatic heterocycles. The summed E-state index contributed by atoms with van der Waals surface area (Å²) in [7, 11) is 0. The van der Waals surface area contributed by atoms with Crippen LogP contribution < -0.4 is 5.32 Å². The van der Waals surface area contributed by atoms with Crippen molar-refractivity contribution in [3.63, 3.8) is 0 Å². The molecule has 0 spiro atoms. The van der Waals surface area contributed by atoms with Crippen LogP contribution in [-0.2, 0) is 19.1 Å². The molecule has 0 unspecified atom stereocenters. The van der Waals surface area contributed by atoms with Crippen LogP contribution in [0.3, 0.4) is 0 Å². The van der Waals surface area contributed by atoms with Crippen molar-refractivity contribution in [1.29, 1.82) is 0 Å². The summed E-state index contributed by atoms with van der Waals surface area (Å²) in [6.45, 7) is 5.17. The number of hydrogen-bond acceptors (Lipinski definition) is 7. The second-order valence-corrected chi connectivity index (χ2v) is 4.53. The number of carbonyl (C=O) groups is 3. The minimum absolute atomic E-state index is 0.229. The largest absolute Gasteiger partial charge is 0.466 e. The maximum Gasteiger partial charge on any atom is 0.344 e. The maximum atomic E-state index is 11.8. The fourth-order valence-corrected chi connectivity index (χ4v) is 1.72. The van der Waals surface area contributed by atoms with E-state index in [1.54, 1.807) is 20.8 Å². The van der Waals surface area contributed by atoms with E-state index >= 15 is 0 Å². The third-order valence-corrected chi connectivity index (χ3v) is 2.76. The Morgan fingerprint density at radius 3 is 2.55 bits per heavy atom. The Labute approximate surface area is 128 Å². The highest BCUT2D eigenvalue weighted by molar-refractivity contribution is 5.93. The predicted octanol–water partition coefficient (Wildman–Crippen LogP) is 0.908. The number of esters is 2. The van der Waals surface area contributed by atoms with Gasteiger partial charge in [-0.25, -0.2) is 4.79 Å². The number of aromatic nitrogens is 1. The van der Waals surface area contributed by atoms with Gasteiger partial charge in [0.15, 0.2) is 6.61 Å². The fraction of sp³-hybridized carbons (Fsp3) is 0.571.